The van der Waals surface area contributed by atoms with Crippen LogP contribution in [0.5, 0.6) is 5.75 Å². The second-order valence-corrected chi connectivity index (χ2v) is 9.27. The fourth-order valence-corrected chi connectivity index (χ4v) is 4.10. The number of carbonyl (C=O) groups is 2. The van der Waals surface area contributed by atoms with Gasteiger partial charge >= 0.3 is 12.1 Å². The van der Waals surface area contributed by atoms with E-state index in [9.17, 15) is 22.8 Å². The molecular formula is C25H25F3N2O4S. The van der Waals surface area contributed by atoms with Gasteiger partial charge in [0.2, 0.25) is 0 Å². The number of thiazole rings is 1. The van der Waals surface area contributed by atoms with Gasteiger partial charge in [0.1, 0.15) is 15.6 Å². The Hall–Kier alpha value is -3.40. The maximum absolute atomic E-state index is 12.9. The molecule has 0 aliphatic rings. The molecule has 6 nitrogen and oxygen atoms in total. The minimum absolute atomic E-state index is 0.226. The Morgan fingerprint density at radius 2 is 1.71 bits per heavy atom. The van der Waals surface area contributed by atoms with Gasteiger partial charge in [0.05, 0.1) is 17.9 Å². The molecule has 3 rings (SSSR count). The lowest BCUT2D eigenvalue weighted by Crippen LogP contribution is -2.39. The third kappa shape index (κ3) is 6.19. The number of alkyl halides is 3. The monoisotopic (exact) mass is 506 g/mol. The minimum atomic E-state index is -4.43. The molecule has 0 aliphatic carbocycles. The van der Waals surface area contributed by atoms with Crippen molar-refractivity contribution in [2.45, 2.75) is 46.4 Å². The summed E-state index contributed by atoms with van der Waals surface area (Å²) >= 11 is 1.08. The lowest BCUT2D eigenvalue weighted by molar-refractivity contribution is -0.158. The van der Waals surface area contributed by atoms with Crippen LogP contribution < -0.4 is 10.1 Å². The van der Waals surface area contributed by atoms with Crippen molar-refractivity contribution in [3.8, 4) is 16.3 Å². The Morgan fingerprint density at radius 1 is 1.06 bits per heavy atom. The number of ether oxygens (including phenoxy) is 2. The Labute approximate surface area is 205 Å². The van der Waals surface area contributed by atoms with Crippen molar-refractivity contribution >= 4 is 28.9 Å². The van der Waals surface area contributed by atoms with Crippen molar-refractivity contribution in [2.75, 3.05) is 11.9 Å². The quantitative estimate of drug-likeness (QED) is 0.374. The molecular weight excluding hydrogens is 481 g/mol. The van der Waals surface area contributed by atoms with Gasteiger partial charge in [-0.1, -0.05) is 18.2 Å². The van der Waals surface area contributed by atoms with Crippen molar-refractivity contribution in [1.29, 1.82) is 0 Å². The van der Waals surface area contributed by atoms with E-state index in [2.05, 4.69) is 10.3 Å². The maximum Gasteiger partial charge on any atom is 0.416 e. The molecule has 0 atom stereocenters. The zero-order chi connectivity index (χ0) is 26.0. The van der Waals surface area contributed by atoms with E-state index >= 15 is 0 Å². The number of halogens is 3. The van der Waals surface area contributed by atoms with Crippen LogP contribution in [-0.4, -0.2) is 29.1 Å². The molecule has 0 radical (unpaired) electrons. The van der Waals surface area contributed by atoms with E-state index in [1.165, 1.54) is 12.1 Å². The summed E-state index contributed by atoms with van der Waals surface area (Å²) in [6.45, 7) is 8.60. The van der Waals surface area contributed by atoms with Crippen molar-refractivity contribution in [2.24, 2.45) is 0 Å². The van der Waals surface area contributed by atoms with E-state index in [1.807, 2.05) is 6.92 Å². The summed E-state index contributed by atoms with van der Waals surface area (Å²) in [5, 5.41) is 3.22. The van der Waals surface area contributed by atoms with Crippen LogP contribution in [0.1, 0.15) is 47.3 Å². The topological polar surface area (TPSA) is 77.5 Å². The smallest absolute Gasteiger partial charge is 0.416 e. The number of amides is 1. The second kappa shape index (κ2) is 10.1. The summed E-state index contributed by atoms with van der Waals surface area (Å²) in [5.74, 6) is -0.519. The van der Waals surface area contributed by atoms with Gasteiger partial charge in [0, 0.05) is 17.3 Å². The van der Waals surface area contributed by atoms with Gasteiger partial charge < -0.3 is 14.8 Å². The van der Waals surface area contributed by atoms with Crippen molar-refractivity contribution < 1.29 is 32.2 Å². The van der Waals surface area contributed by atoms with Crippen LogP contribution in [0.25, 0.3) is 10.6 Å². The first kappa shape index (κ1) is 26.2. The van der Waals surface area contributed by atoms with E-state index < -0.39 is 29.2 Å². The minimum Gasteiger partial charge on any atom is -0.476 e. The number of benzene rings is 2. The van der Waals surface area contributed by atoms with Crippen LogP contribution >= 0.6 is 11.3 Å². The Bertz CT molecular complexity index is 1230. The lowest BCUT2D eigenvalue weighted by Gasteiger charge is -2.25. The van der Waals surface area contributed by atoms with E-state index in [1.54, 1.807) is 45.9 Å². The Morgan fingerprint density at radius 3 is 2.31 bits per heavy atom. The zero-order valence-corrected chi connectivity index (χ0v) is 20.7. The number of aryl methyl sites for hydroxylation is 2. The molecule has 10 heteroatoms. The van der Waals surface area contributed by atoms with Crippen LogP contribution in [0.3, 0.4) is 0 Å². The molecule has 0 saturated heterocycles. The van der Waals surface area contributed by atoms with Crippen LogP contribution in [0.2, 0.25) is 0 Å². The molecule has 1 heterocycles. The van der Waals surface area contributed by atoms with Crippen LogP contribution in [0.15, 0.2) is 42.5 Å². The third-order valence-electron chi connectivity index (χ3n) is 5.04. The highest BCUT2D eigenvalue weighted by atomic mass is 32.1. The predicted molar refractivity (Wildman–Crippen MR) is 128 cm³/mol. The SMILES string of the molecule is CCOC(=O)C(C)(C)Oc1cc(NC(=O)c2sc(-c3ccc(C(F)(F)F)cc3)nc2C)ccc1C. The number of nitrogens with one attached hydrogen (secondary N) is 1. The molecule has 0 bridgehead atoms. The van der Waals surface area contributed by atoms with E-state index in [4.69, 9.17) is 9.47 Å². The molecule has 2 aromatic carbocycles. The summed E-state index contributed by atoms with van der Waals surface area (Å²) in [6, 6.07) is 9.69. The van der Waals surface area contributed by atoms with Gasteiger partial charge in [-0.25, -0.2) is 9.78 Å². The molecule has 1 N–H and O–H groups in total. The molecule has 35 heavy (non-hydrogen) atoms. The van der Waals surface area contributed by atoms with Crippen molar-refractivity contribution in [1.82, 2.24) is 4.98 Å². The van der Waals surface area contributed by atoms with E-state index in [0.29, 0.717) is 32.6 Å². The maximum atomic E-state index is 12.9. The van der Waals surface area contributed by atoms with Gasteiger partial charge in [-0.15, -0.1) is 11.3 Å². The molecule has 1 aromatic heterocycles. The standard InChI is InChI=1S/C25H25F3N2O4S/c1-6-33-23(32)24(4,5)34-19-13-18(12-7-14(19)2)30-21(31)20-15(3)29-22(35-20)16-8-10-17(11-9-16)25(26,27)28/h7-13H,6H2,1-5H3,(H,30,31). The van der Waals surface area contributed by atoms with Gasteiger partial charge in [0.15, 0.2) is 5.60 Å². The highest BCUT2D eigenvalue weighted by molar-refractivity contribution is 7.17. The third-order valence-corrected chi connectivity index (χ3v) is 6.25. The predicted octanol–water partition coefficient (Wildman–Crippen LogP) is 6.42. The molecule has 186 valence electrons. The number of rotatable bonds is 7. The fraction of sp³-hybridized carbons (Fsp3) is 0.320. The van der Waals surface area contributed by atoms with Crippen molar-refractivity contribution in [3.63, 3.8) is 0 Å². The molecule has 0 spiro atoms. The van der Waals surface area contributed by atoms with Crippen LogP contribution in [-0.2, 0) is 15.7 Å². The number of carbonyl (C=O) groups excluding carboxylic acids is 2. The molecule has 3 aromatic rings. The molecule has 0 aliphatic heterocycles. The zero-order valence-electron chi connectivity index (χ0n) is 19.9. The number of aromatic nitrogens is 1. The summed E-state index contributed by atoms with van der Waals surface area (Å²) in [6.07, 6.45) is -4.43. The average molecular weight is 507 g/mol. The highest BCUT2D eigenvalue weighted by Crippen LogP contribution is 2.33. The van der Waals surface area contributed by atoms with Crippen molar-refractivity contribution in [3.05, 3.63) is 64.2 Å². The summed E-state index contributed by atoms with van der Waals surface area (Å²) in [7, 11) is 0. The molecule has 0 unspecified atom stereocenters. The molecule has 0 saturated carbocycles. The second-order valence-electron chi connectivity index (χ2n) is 8.28. The number of nitrogens with zero attached hydrogens (tertiary/aromatic N) is 1. The van der Waals surface area contributed by atoms with Gasteiger partial charge in [-0.05, 0) is 58.4 Å². The first-order chi connectivity index (χ1) is 16.3. The average Bonchev–Trinajstić information content (AvgIpc) is 3.17. The van der Waals surface area contributed by atoms with Crippen LogP contribution in [0.4, 0.5) is 18.9 Å². The summed E-state index contributed by atoms with van der Waals surface area (Å²) in [4.78, 5) is 29.8. The normalized spacial score (nSPS) is 11.8. The number of hydrogen-bond acceptors (Lipinski definition) is 6. The van der Waals surface area contributed by atoms with Crippen LogP contribution in [0, 0.1) is 13.8 Å². The first-order valence-corrected chi connectivity index (χ1v) is 11.6. The van der Waals surface area contributed by atoms with Gasteiger partial charge in [-0.2, -0.15) is 13.2 Å². The first-order valence-electron chi connectivity index (χ1n) is 10.7. The van der Waals surface area contributed by atoms with Gasteiger partial charge in [-0.3, -0.25) is 4.79 Å². The van der Waals surface area contributed by atoms with Gasteiger partial charge in [0.25, 0.3) is 5.91 Å². The molecule has 1 amide bonds. The number of esters is 1. The summed E-state index contributed by atoms with van der Waals surface area (Å²) < 4.78 is 49.4. The fourth-order valence-electron chi connectivity index (χ4n) is 3.13. The summed E-state index contributed by atoms with van der Waals surface area (Å²) in [5.41, 5.74) is 0.162. The lowest BCUT2D eigenvalue weighted by atomic mass is 10.1. The highest BCUT2D eigenvalue weighted by Gasteiger charge is 2.32. The Balaban J connectivity index is 1.79. The van der Waals surface area contributed by atoms with E-state index in [0.717, 1.165) is 29.0 Å². The Kier molecular flexibility index (Phi) is 7.54. The number of anilines is 1. The molecule has 0 fully saturated rings. The van der Waals surface area contributed by atoms with E-state index in [-0.39, 0.29) is 6.61 Å². The largest absolute Gasteiger partial charge is 0.476 e. The number of hydrogen-bond donors (Lipinski definition) is 1.